The van der Waals surface area contributed by atoms with Gasteiger partial charge in [-0.15, -0.1) is 0 Å². The second-order valence-corrected chi connectivity index (χ2v) is 5.68. The lowest BCUT2D eigenvalue weighted by Crippen LogP contribution is -2.30. The number of aromatic nitrogens is 1. The summed E-state index contributed by atoms with van der Waals surface area (Å²) in [6.07, 6.45) is 2.70. The van der Waals surface area contributed by atoms with Gasteiger partial charge in [0.25, 0.3) is 0 Å². The summed E-state index contributed by atoms with van der Waals surface area (Å²) in [6.45, 7) is 1.13. The molecule has 1 aromatic carbocycles. The number of rotatable bonds is 5. The Morgan fingerprint density at radius 3 is 2.70 bits per heavy atom. The number of anilines is 1. The molecule has 1 N–H and O–H groups in total. The molecule has 2 aromatic rings. The molecule has 0 saturated carbocycles. The molecule has 23 heavy (non-hydrogen) atoms. The summed E-state index contributed by atoms with van der Waals surface area (Å²) in [5.41, 5.74) is 1.20. The van der Waals surface area contributed by atoms with Gasteiger partial charge < -0.3 is 10.2 Å². The Kier molecular flexibility index (Phi) is 4.66. The number of carbonyl (C=O) groups is 2. The summed E-state index contributed by atoms with van der Waals surface area (Å²) < 4.78 is 0. The zero-order valence-electron chi connectivity index (χ0n) is 12.8. The Hall–Kier alpha value is -2.69. The van der Waals surface area contributed by atoms with Gasteiger partial charge in [-0.05, 0) is 24.1 Å². The van der Waals surface area contributed by atoms with E-state index in [4.69, 9.17) is 0 Å². The standard InChI is InChI=1S/C18H19N3O2/c22-17-12-15(18(23)20-16-8-4-5-10-19-16)13-21(17)11-9-14-6-2-1-3-7-14/h1-8,10,15H,9,11-13H2,(H,19,20,23). The molecule has 2 amide bonds. The molecule has 1 aliphatic heterocycles. The number of hydrogen-bond donors (Lipinski definition) is 1. The molecule has 5 nitrogen and oxygen atoms in total. The highest BCUT2D eigenvalue weighted by molar-refractivity contribution is 5.96. The number of benzene rings is 1. The highest BCUT2D eigenvalue weighted by atomic mass is 16.2. The minimum absolute atomic E-state index is 0.0436. The number of nitrogens with zero attached hydrogens (tertiary/aromatic N) is 2. The Bertz CT molecular complexity index is 673. The topological polar surface area (TPSA) is 62.3 Å². The Morgan fingerprint density at radius 1 is 1.17 bits per heavy atom. The summed E-state index contributed by atoms with van der Waals surface area (Å²) in [7, 11) is 0. The van der Waals surface area contributed by atoms with Crippen molar-refractivity contribution in [3.8, 4) is 0 Å². The van der Waals surface area contributed by atoms with Crippen molar-refractivity contribution in [2.75, 3.05) is 18.4 Å². The SMILES string of the molecule is O=C(Nc1ccccn1)C1CC(=O)N(CCc2ccccc2)C1. The van der Waals surface area contributed by atoms with E-state index in [1.165, 1.54) is 5.56 Å². The van der Waals surface area contributed by atoms with Gasteiger partial charge in [0, 0.05) is 25.7 Å². The minimum Gasteiger partial charge on any atom is -0.342 e. The average Bonchev–Trinajstić information content (AvgIpc) is 2.96. The van der Waals surface area contributed by atoms with Gasteiger partial charge in [-0.3, -0.25) is 9.59 Å². The third-order valence-corrected chi connectivity index (χ3v) is 4.01. The van der Waals surface area contributed by atoms with Crippen LogP contribution in [0, 0.1) is 5.92 Å². The molecule has 1 unspecified atom stereocenters. The molecular formula is C18H19N3O2. The first-order valence-electron chi connectivity index (χ1n) is 7.76. The lowest BCUT2D eigenvalue weighted by molar-refractivity contribution is -0.128. The van der Waals surface area contributed by atoms with Crippen LogP contribution in [0.3, 0.4) is 0 Å². The number of likely N-dealkylation sites (tertiary alicyclic amines) is 1. The number of hydrogen-bond acceptors (Lipinski definition) is 3. The van der Waals surface area contributed by atoms with Crippen LogP contribution in [0.4, 0.5) is 5.82 Å². The molecular weight excluding hydrogens is 290 g/mol. The van der Waals surface area contributed by atoms with Crippen molar-refractivity contribution in [1.29, 1.82) is 0 Å². The fraction of sp³-hybridized carbons (Fsp3) is 0.278. The first kappa shape index (κ1) is 15.2. The summed E-state index contributed by atoms with van der Waals surface area (Å²) in [6, 6.07) is 15.4. The third kappa shape index (κ3) is 3.94. The van der Waals surface area contributed by atoms with E-state index in [1.807, 2.05) is 36.4 Å². The van der Waals surface area contributed by atoms with E-state index >= 15 is 0 Å². The van der Waals surface area contributed by atoms with Gasteiger partial charge in [-0.1, -0.05) is 36.4 Å². The van der Waals surface area contributed by atoms with E-state index in [2.05, 4.69) is 10.3 Å². The predicted molar refractivity (Wildman–Crippen MR) is 87.7 cm³/mol. The summed E-state index contributed by atoms with van der Waals surface area (Å²) in [5, 5.41) is 2.77. The fourth-order valence-electron chi connectivity index (χ4n) is 2.74. The van der Waals surface area contributed by atoms with Gasteiger partial charge in [0.15, 0.2) is 0 Å². The maximum absolute atomic E-state index is 12.3. The summed E-state index contributed by atoms with van der Waals surface area (Å²) >= 11 is 0. The second kappa shape index (κ2) is 7.05. The third-order valence-electron chi connectivity index (χ3n) is 4.01. The molecule has 1 fully saturated rings. The average molecular weight is 309 g/mol. The lowest BCUT2D eigenvalue weighted by atomic mass is 10.1. The van der Waals surface area contributed by atoms with Crippen LogP contribution in [0.15, 0.2) is 54.7 Å². The van der Waals surface area contributed by atoms with Crippen molar-refractivity contribution in [2.24, 2.45) is 5.92 Å². The van der Waals surface area contributed by atoms with E-state index < -0.39 is 0 Å². The van der Waals surface area contributed by atoms with E-state index in [9.17, 15) is 9.59 Å². The lowest BCUT2D eigenvalue weighted by Gasteiger charge is -2.16. The normalized spacial score (nSPS) is 17.3. The van der Waals surface area contributed by atoms with Crippen molar-refractivity contribution in [3.63, 3.8) is 0 Å². The van der Waals surface area contributed by atoms with Crippen molar-refractivity contribution >= 4 is 17.6 Å². The smallest absolute Gasteiger partial charge is 0.230 e. The number of amides is 2. The van der Waals surface area contributed by atoms with Gasteiger partial charge in [0.1, 0.15) is 5.82 Å². The van der Waals surface area contributed by atoms with Crippen LogP contribution in [0.1, 0.15) is 12.0 Å². The molecule has 118 valence electrons. The summed E-state index contributed by atoms with van der Waals surface area (Å²) in [5.74, 6) is 0.120. The molecule has 1 saturated heterocycles. The van der Waals surface area contributed by atoms with Crippen LogP contribution in [0.25, 0.3) is 0 Å². The van der Waals surface area contributed by atoms with E-state index in [0.29, 0.717) is 18.9 Å². The maximum Gasteiger partial charge on any atom is 0.230 e. The van der Waals surface area contributed by atoms with E-state index in [-0.39, 0.29) is 24.2 Å². The molecule has 0 radical (unpaired) electrons. The van der Waals surface area contributed by atoms with E-state index in [0.717, 1.165) is 6.42 Å². The molecule has 0 spiro atoms. The Balaban J connectivity index is 1.53. The van der Waals surface area contributed by atoms with Crippen LogP contribution in [0.5, 0.6) is 0 Å². The van der Waals surface area contributed by atoms with Crippen molar-refractivity contribution in [3.05, 3.63) is 60.3 Å². The largest absolute Gasteiger partial charge is 0.342 e. The van der Waals surface area contributed by atoms with Crippen LogP contribution < -0.4 is 5.32 Å². The molecule has 2 heterocycles. The monoisotopic (exact) mass is 309 g/mol. The molecule has 5 heteroatoms. The van der Waals surface area contributed by atoms with Gasteiger partial charge >= 0.3 is 0 Å². The molecule has 1 aromatic heterocycles. The molecule has 1 atom stereocenters. The second-order valence-electron chi connectivity index (χ2n) is 5.68. The molecule has 3 rings (SSSR count). The summed E-state index contributed by atoms with van der Waals surface area (Å²) in [4.78, 5) is 30.2. The predicted octanol–water partition coefficient (Wildman–Crippen LogP) is 2.11. The Labute approximate surface area is 135 Å². The number of carbonyl (C=O) groups excluding carboxylic acids is 2. The van der Waals surface area contributed by atoms with Crippen LogP contribution >= 0.6 is 0 Å². The van der Waals surface area contributed by atoms with Crippen molar-refractivity contribution < 1.29 is 9.59 Å². The first-order chi connectivity index (χ1) is 11.2. The van der Waals surface area contributed by atoms with Gasteiger partial charge in [-0.2, -0.15) is 0 Å². The molecule has 0 bridgehead atoms. The maximum atomic E-state index is 12.3. The van der Waals surface area contributed by atoms with Crippen molar-refractivity contribution in [2.45, 2.75) is 12.8 Å². The Morgan fingerprint density at radius 2 is 1.96 bits per heavy atom. The fourth-order valence-corrected chi connectivity index (χ4v) is 2.74. The minimum atomic E-state index is -0.305. The van der Waals surface area contributed by atoms with E-state index in [1.54, 1.807) is 23.2 Å². The van der Waals surface area contributed by atoms with Crippen molar-refractivity contribution in [1.82, 2.24) is 9.88 Å². The van der Waals surface area contributed by atoms with Crippen LogP contribution in [0.2, 0.25) is 0 Å². The number of pyridine rings is 1. The highest BCUT2D eigenvalue weighted by Gasteiger charge is 2.34. The molecule has 0 aliphatic carbocycles. The first-order valence-corrected chi connectivity index (χ1v) is 7.76. The van der Waals surface area contributed by atoms with Crippen LogP contribution in [-0.4, -0.2) is 34.8 Å². The van der Waals surface area contributed by atoms with Gasteiger partial charge in [-0.25, -0.2) is 4.98 Å². The van der Waals surface area contributed by atoms with Crippen LogP contribution in [-0.2, 0) is 16.0 Å². The van der Waals surface area contributed by atoms with Gasteiger partial charge in [0.2, 0.25) is 11.8 Å². The molecule has 1 aliphatic rings. The zero-order chi connectivity index (χ0) is 16.1. The quantitative estimate of drug-likeness (QED) is 0.920. The van der Waals surface area contributed by atoms with Gasteiger partial charge in [0.05, 0.1) is 5.92 Å². The highest BCUT2D eigenvalue weighted by Crippen LogP contribution is 2.20. The zero-order valence-corrected chi connectivity index (χ0v) is 12.8. The number of nitrogens with one attached hydrogen (secondary N) is 1.